The number of carbonyl (C=O) groups is 2. The van der Waals surface area contributed by atoms with E-state index in [4.69, 9.17) is 0 Å². The highest BCUT2D eigenvalue weighted by atomic mass is 19.4. The van der Waals surface area contributed by atoms with Gasteiger partial charge in [0.25, 0.3) is 11.8 Å². The smallest absolute Gasteiger partial charge is 0.349 e. The van der Waals surface area contributed by atoms with Crippen molar-refractivity contribution in [2.45, 2.75) is 26.1 Å². The Morgan fingerprint density at radius 3 is 2.26 bits per heavy atom. The van der Waals surface area contributed by atoms with Gasteiger partial charge in [-0.1, -0.05) is 12.1 Å². The summed E-state index contributed by atoms with van der Waals surface area (Å²) < 4.78 is 38.5. The molecule has 0 fully saturated rings. The van der Waals surface area contributed by atoms with Gasteiger partial charge in [0.15, 0.2) is 13.1 Å². The lowest BCUT2D eigenvalue weighted by Crippen LogP contribution is -3.11. The van der Waals surface area contributed by atoms with Crippen molar-refractivity contribution < 1.29 is 27.7 Å². The van der Waals surface area contributed by atoms with Crippen molar-refractivity contribution >= 4 is 17.5 Å². The maximum Gasteiger partial charge on any atom is 0.418 e. The van der Waals surface area contributed by atoms with E-state index in [0.717, 1.165) is 6.07 Å². The second kappa shape index (κ2) is 7.96. The Hall–Kier alpha value is -2.09. The molecule has 5 nitrogen and oxygen atoms in total. The van der Waals surface area contributed by atoms with Gasteiger partial charge in [-0.2, -0.15) is 13.2 Å². The van der Waals surface area contributed by atoms with Crippen molar-refractivity contribution in [2.24, 2.45) is 0 Å². The summed E-state index contributed by atoms with van der Waals surface area (Å²) in [7, 11) is 1.62. The monoisotopic (exact) mass is 332 g/mol. The molecule has 2 amide bonds. The third kappa shape index (κ3) is 6.68. The highest BCUT2D eigenvalue weighted by Gasteiger charge is 2.33. The van der Waals surface area contributed by atoms with Gasteiger partial charge in [-0.25, -0.2) is 0 Å². The van der Waals surface area contributed by atoms with Gasteiger partial charge in [-0.15, -0.1) is 0 Å². The molecule has 0 heterocycles. The van der Waals surface area contributed by atoms with Crippen molar-refractivity contribution in [2.75, 3.05) is 25.5 Å². The lowest BCUT2D eigenvalue weighted by Gasteiger charge is -2.16. The van der Waals surface area contributed by atoms with E-state index in [9.17, 15) is 22.8 Å². The lowest BCUT2D eigenvalue weighted by molar-refractivity contribution is -0.862. The Labute approximate surface area is 132 Å². The van der Waals surface area contributed by atoms with E-state index in [-0.39, 0.29) is 30.7 Å². The van der Waals surface area contributed by atoms with Crippen LogP contribution in [0.15, 0.2) is 24.3 Å². The van der Waals surface area contributed by atoms with Gasteiger partial charge in [-0.3, -0.25) is 9.59 Å². The first-order valence-corrected chi connectivity index (χ1v) is 7.16. The Kier molecular flexibility index (Phi) is 6.56. The second-order valence-corrected chi connectivity index (χ2v) is 5.62. The number of carbonyl (C=O) groups excluding carboxylic acids is 2. The van der Waals surface area contributed by atoms with Crippen LogP contribution in [0.5, 0.6) is 0 Å². The maximum absolute atomic E-state index is 12.8. The van der Waals surface area contributed by atoms with Gasteiger partial charge < -0.3 is 15.5 Å². The number of hydrogen-bond donors (Lipinski definition) is 3. The Morgan fingerprint density at radius 1 is 1.13 bits per heavy atom. The van der Waals surface area contributed by atoms with Gasteiger partial charge in [0.1, 0.15) is 0 Å². The summed E-state index contributed by atoms with van der Waals surface area (Å²) in [6, 6.07) is 4.76. The maximum atomic E-state index is 12.8. The molecule has 1 atom stereocenters. The number of alkyl halides is 3. The Bertz CT molecular complexity index is 559. The van der Waals surface area contributed by atoms with E-state index in [0.29, 0.717) is 4.90 Å². The van der Waals surface area contributed by atoms with Crippen molar-refractivity contribution in [3.63, 3.8) is 0 Å². The van der Waals surface area contributed by atoms with Crippen LogP contribution in [0.1, 0.15) is 19.4 Å². The minimum atomic E-state index is -4.54. The molecule has 1 aromatic rings. The molecule has 0 aliphatic rings. The van der Waals surface area contributed by atoms with Gasteiger partial charge >= 0.3 is 6.18 Å². The van der Waals surface area contributed by atoms with Crippen molar-refractivity contribution in [1.82, 2.24) is 5.32 Å². The molecule has 0 saturated carbocycles. The van der Waals surface area contributed by atoms with Crippen LogP contribution in [0, 0.1) is 0 Å². The zero-order valence-electron chi connectivity index (χ0n) is 13.3. The highest BCUT2D eigenvalue weighted by molar-refractivity contribution is 5.92. The number of likely N-dealkylation sites (N-methyl/N-ethyl adjacent to an activating group) is 1. The molecule has 3 N–H and O–H groups in total. The summed E-state index contributed by atoms with van der Waals surface area (Å²) in [6.07, 6.45) is -4.54. The number of rotatable bonds is 6. The van der Waals surface area contributed by atoms with E-state index < -0.39 is 17.6 Å². The van der Waals surface area contributed by atoms with Crippen LogP contribution in [-0.2, 0) is 15.8 Å². The summed E-state index contributed by atoms with van der Waals surface area (Å²) >= 11 is 0. The molecule has 0 aliphatic heterocycles. The molecule has 1 unspecified atom stereocenters. The fourth-order valence-electron chi connectivity index (χ4n) is 2.02. The molecule has 0 aromatic heterocycles. The first kappa shape index (κ1) is 19.0. The number of quaternary nitrogens is 1. The van der Waals surface area contributed by atoms with E-state index >= 15 is 0 Å². The Balaban J connectivity index is 2.62. The summed E-state index contributed by atoms with van der Waals surface area (Å²) in [5, 5.41) is 4.94. The van der Waals surface area contributed by atoms with Crippen LogP contribution in [0.2, 0.25) is 0 Å². The molecule has 0 bridgehead atoms. The number of benzene rings is 1. The van der Waals surface area contributed by atoms with Crippen LogP contribution in [-0.4, -0.2) is 38.0 Å². The molecule has 0 saturated heterocycles. The third-order valence-corrected chi connectivity index (χ3v) is 2.88. The minimum Gasteiger partial charge on any atom is -0.349 e. The van der Waals surface area contributed by atoms with Crippen LogP contribution in [0.25, 0.3) is 0 Å². The molecular weight excluding hydrogens is 311 g/mol. The van der Waals surface area contributed by atoms with Gasteiger partial charge in [0.05, 0.1) is 18.3 Å². The fraction of sp³-hybridized carbons (Fsp3) is 0.467. The first-order valence-electron chi connectivity index (χ1n) is 7.16. The van der Waals surface area contributed by atoms with E-state index in [1.54, 1.807) is 7.05 Å². The zero-order valence-corrected chi connectivity index (χ0v) is 13.3. The molecule has 23 heavy (non-hydrogen) atoms. The second-order valence-electron chi connectivity index (χ2n) is 5.62. The Morgan fingerprint density at radius 2 is 1.70 bits per heavy atom. The third-order valence-electron chi connectivity index (χ3n) is 2.88. The topological polar surface area (TPSA) is 62.6 Å². The predicted molar refractivity (Wildman–Crippen MR) is 80.0 cm³/mol. The largest absolute Gasteiger partial charge is 0.418 e. The molecule has 128 valence electrons. The average molecular weight is 332 g/mol. The fourth-order valence-corrected chi connectivity index (χ4v) is 2.02. The normalized spacial score (nSPS) is 12.8. The number of anilines is 1. The van der Waals surface area contributed by atoms with Crippen molar-refractivity contribution in [1.29, 1.82) is 0 Å². The van der Waals surface area contributed by atoms with Crippen molar-refractivity contribution in [3.8, 4) is 0 Å². The summed E-state index contributed by atoms with van der Waals surface area (Å²) in [6.45, 7) is 3.58. The molecule has 0 radical (unpaired) electrons. The molecular formula is C15H21F3N3O2+. The molecule has 0 spiro atoms. The summed E-state index contributed by atoms with van der Waals surface area (Å²) in [4.78, 5) is 24.0. The number of hydrogen-bond acceptors (Lipinski definition) is 2. The van der Waals surface area contributed by atoms with Crippen LogP contribution in [0.3, 0.4) is 0 Å². The molecule has 1 rings (SSSR count). The van der Waals surface area contributed by atoms with Crippen molar-refractivity contribution in [3.05, 3.63) is 29.8 Å². The number of amides is 2. The standard InChI is InChI=1S/C15H20F3N3O2/c1-10(2)19-13(22)8-21(3)9-14(23)20-12-7-5-4-6-11(12)15(16,17)18/h4-7,10H,8-9H2,1-3H3,(H,19,22)(H,20,23)/p+1. The summed E-state index contributed by atoms with van der Waals surface area (Å²) in [5.41, 5.74) is -1.19. The van der Waals surface area contributed by atoms with E-state index in [1.807, 2.05) is 13.8 Å². The van der Waals surface area contributed by atoms with E-state index in [2.05, 4.69) is 10.6 Å². The quantitative estimate of drug-likeness (QED) is 0.718. The highest BCUT2D eigenvalue weighted by Crippen LogP contribution is 2.34. The SMILES string of the molecule is CC(C)NC(=O)C[NH+](C)CC(=O)Nc1ccccc1C(F)(F)F. The first-order chi connectivity index (χ1) is 10.6. The van der Waals surface area contributed by atoms with Crippen LogP contribution in [0.4, 0.5) is 18.9 Å². The van der Waals surface area contributed by atoms with Gasteiger partial charge in [-0.05, 0) is 26.0 Å². The van der Waals surface area contributed by atoms with E-state index in [1.165, 1.54) is 18.2 Å². The van der Waals surface area contributed by atoms with Crippen LogP contribution < -0.4 is 15.5 Å². The molecule has 0 aliphatic carbocycles. The summed E-state index contributed by atoms with van der Waals surface area (Å²) in [5.74, 6) is -0.808. The van der Waals surface area contributed by atoms with Gasteiger partial charge in [0, 0.05) is 6.04 Å². The average Bonchev–Trinajstić information content (AvgIpc) is 2.36. The molecule has 1 aromatic carbocycles. The van der Waals surface area contributed by atoms with Gasteiger partial charge in [0.2, 0.25) is 0 Å². The number of nitrogens with one attached hydrogen (secondary N) is 3. The number of para-hydroxylation sites is 1. The number of halogens is 3. The predicted octanol–water partition coefficient (Wildman–Crippen LogP) is 0.683. The minimum absolute atomic E-state index is 0.0113. The lowest BCUT2D eigenvalue weighted by atomic mass is 10.1. The zero-order chi connectivity index (χ0) is 17.6. The van der Waals surface area contributed by atoms with Crippen LogP contribution >= 0.6 is 0 Å². The molecule has 8 heteroatoms.